The van der Waals surface area contributed by atoms with Crippen molar-refractivity contribution >= 4 is 29.1 Å². The van der Waals surface area contributed by atoms with E-state index in [9.17, 15) is 22.8 Å². The molecule has 1 heterocycles. The fraction of sp³-hybridized carbons (Fsp3) is 0.500. The molecule has 1 fully saturated rings. The zero-order valence-electron chi connectivity index (χ0n) is 13.8. The van der Waals surface area contributed by atoms with Gasteiger partial charge in [-0.1, -0.05) is 18.5 Å². The Morgan fingerprint density at radius 2 is 2.04 bits per heavy atom. The first-order valence-electron chi connectivity index (χ1n) is 7.72. The highest BCUT2D eigenvalue weighted by atomic mass is 35.5. The molecule has 138 valence electrons. The van der Waals surface area contributed by atoms with Gasteiger partial charge in [0.15, 0.2) is 0 Å². The first-order valence-corrected chi connectivity index (χ1v) is 8.09. The van der Waals surface area contributed by atoms with Crippen molar-refractivity contribution in [3.8, 4) is 0 Å². The topological polar surface area (TPSA) is 61.4 Å². The summed E-state index contributed by atoms with van der Waals surface area (Å²) in [6, 6.07) is 3.12. The van der Waals surface area contributed by atoms with Crippen LogP contribution < -0.4 is 10.6 Å². The van der Waals surface area contributed by atoms with Crippen molar-refractivity contribution in [2.24, 2.45) is 11.8 Å². The average molecular weight is 378 g/mol. The van der Waals surface area contributed by atoms with E-state index < -0.39 is 22.7 Å². The summed E-state index contributed by atoms with van der Waals surface area (Å²) in [4.78, 5) is 25.5. The summed E-state index contributed by atoms with van der Waals surface area (Å²) >= 11 is 5.54. The summed E-state index contributed by atoms with van der Waals surface area (Å²) in [6.07, 6.45) is -4.61. The van der Waals surface area contributed by atoms with E-state index in [1.165, 1.54) is 18.0 Å². The summed E-state index contributed by atoms with van der Waals surface area (Å²) in [5, 5.41) is 4.99. The summed E-state index contributed by atoms with van der Waals surface area (Å²) in [5.41, 5.74) is -1.05. The van der Waals surface area contributed by atoms with Gasteiger partial charge in [0.2, 0.25) is 11.8 Å². The Balaban J connectivity index is 1.96. The predicted octanol–water partition coefficient (Wildman–Crippen LogP) is 2.61. The van der Waals surface area contributed by atoms with Gasteiger partial charge in [-0.05, 0) is 37.2 Å². The zero-order chi connectivity index (χ0) is 18.8. The van der Waals surface area contributed by atoms with Crippen molar-refractivity contribution < 1.29 is 22.8 Å². The van der Waals surface area contributed by atoms with E-state index in [-0.39, 0.29) is 30.0 Å². The zero-order valence-corrected chi connectivity index (χ0v) is 14.5. The van der Waals surface area contributed by atoms with Gasteiger partial charge in [-0.25, -0.2) is 0 Å². The van der Waals surface area contributed by atoms with Crippen LogP contribution in [-0.4, -0.2) is 43.4 Å². The van der Waals surface area contributed by atoms with E-state index in [2.05, 4.69) is 10.6 Å². The Hall–Kier alpha value is -1.80. The van der Waals surface area contributed by atoms with Gasteiger partial charge < -0.3 is 15.5 Å². The number of hydrogen-bond donors (Lipinski definition) is 2. The Morgan fingerprint density at radius 3 is 2.56 bits per heavy atom. The van der Waals surface area contributed by atoms with Crippen LogP contribution in [0.15, 0.2) is 18.2 Å². The lowest BCUT2D eigenvalue weighted by Gasteiger charge is -2.33. The van der Waals surface area contributed by atoms with Crippen molar-refractivity contribution in [3.63, 3.8) is 0 Å². The minimum Gasteiger partial charge on any atom is -0.336 e. The van der Waals surface area contributed by atoms with Crippen LogP contribution in [0.2, 0.25) is 5.02 Å². The van der Waals surface area contributed by atoms with Crippen LogP contribution in [0.3, 0.4) is 0 Å². The van der Waals surface area contributed by atoms with E-state index in [1.807, 2.05) is 0 Å². The molecule has 2 amide bonds. The molecule has 0 saturated carbocycles. The maximum Gasteiger partial charge on any atom is 0.417 e. The molecule has 0 aromatic heterocycles. The fourth-order valence-corrected chi connectivity index (χ4v) is 2.75. The third-order valence-corrected chi connectivity index (χ3v) is 4.55. The van der Waals surface area contributed by atoms with E-state index in [0.717, 1.165) is 25.2 Å². The number of carbonyl (C=O) groups is 2. The number of alkyl halides is 3. The number of nitrogens with one attached hydrogen (secondary N) is 2. The minimum absolute atomic E-state index is 0.0289. The Kier molecular flexibility index (Phi) is 5.95. The number of rotatable bonds is 5. The van der Waals surface area contributed by atoms with E-state index in [0.29, 0.717) is 0 Å². The molecule has 5 nitrogen and oxygen atoms in total. The second-order valence-electron chi connectivity index (χ2n) is 6.14. The molecule has 1 aromatic rings. The molecule has 1 aromatic carbocycles. The molecule has 0 radical (unpaired) electrons. The second kappa shape index (κ2) is 7.61. The maximum atomic E-state index is 12.8. The summed E-state index contributed by atoms with van der Waals surface area (Å²) in [6.45, 7) is 3.08. The Morgan fingerprint density at radius 1 is 1.40 bits per heavy atom. The average Bonchev–Trinajstić information content (AvgIpc) is 2.45. The number of likely N-dealkylation sites (N-methyl/N-ethyl adjacent to an activating group) is 1. The van der Waals surface area contributed by atoms with Gasteiger partial charge in [0.1, 0.15) is 0 Å². The van der Waals surface area contributed by atoms with Gasteiger partial charge in [0.25, 0.3) is 0 Å². The highest BCUT2D eigenvalue weighted by Crippen LogP contribution is 2.36. The van der Waals surface area contributed by atoms with Gasteiger partial charge in [0, 0.05) is 18.7 Å². The van der Waals surface area contributed by atoms with Gasteiger partial charge in [-0.2, -0.15) is 13.2 Å². The molecular weight excluding hydrogens is 359 g/mol. The van der Waals surface area contributed by atoms with E-state index >= 15 is 0 Å². The predicted molar refractivity (Wildman–Crippen MR) is 88.2 cm³/mol. The molecule has 2 N–H and O–H groups in total. The number of anilines is 1. The number of carbonyl (C=O) groups excluding carboxylic acids is 2. The Labute approximate surface area is 148 Å². The number of benzene rings is 1. The van der Waals surface area contributed by atoms with Gasteiger partial charge in [-0.3, -0.25) is 9.59 Å². The third-order valence-electron chi connectivity index (χ3n) is 4.22. The summed E-state index contributed by atoms with van der Waals surface area (Å²) in [7, 11) is 1.49. The van der Waals surface area contributed by atoms with Crippen molar-refractivity contribution in [2.75, 3.05) is 32.0 Å². The molecule has 1 saturated heterocycles. The molecular formula is C16H19ClF3N3O2. The van der Waals surface area contributed by atoms with Crippen LogP contribution in [-0.2, 0) is 15.8 Å². The molecule has 1 aliphatic heterocycles. The molecule has 2 rings (SSSR count). The SMILES string of the molecule is CC(C(=O)N(C)CC(=O)Nc1ccc(Cl)c(C(F)(F)F)c1)C1CNC1. The first kappa shape index (κ1) is 19.5. The van der Waals surface area contributed by atoms with Crippen LogP contribution in [0.4, 0.5) is 18.9 Å². The van der Waals surface area contributed by atoms with Crippen LogP contribution in [0.5, 0.6) is 0 Å². The quantitative estimate of drug-likeness (QED) is 0.829. The number of nitrogens with zero attached hydrogens (tertiary/aromatic N) is 1. The smallest absolute Gasteiger partial charge is 0.336 e. The molecule has 25 heavy (non-hydrogen) atoms. The number of hydrogen-bond acceptors (Lipinski definition) is 3. The first-order chi connectivity index (χ1) is 11.6. The third kappa shape index (κ3) is 4.85. The van der Waals surface area contributed by atoms with Crippen molar-refractivity contribution in [3.05, 3.63) is 28.8 Å². The molecule has 0 aliphatic carbocycles. The Bertz CT molecular complexity index is 663. The van der Waals surface area contributed by atoms with Gasteiger partial charge in [-0.15, -0.1) is 0 Å². The highest BCUT2D eigenvalue weighted by Gasteiger charge is 2.34. The maximum absolute atomic E-state index is 12.8. The largest absolute Gasteiger partial charge is 0.417 e. The minimum atomic E-state index is -4.61. The number of amides is 2. The highest BCUT2D eigenvalue weighted by molar-refractivity contribution is 6.31. The molecule has 9 heteroatoms. The van der Waals surface area contributed by atoms with Crippen molar-refractivity contribution in [1.82, 2.24) is 10.2 Å². The van der Waals surface area contributed by atoms with Crippen molar-refractivity contribution in [2.45, 2.75) is 13.1 Å². The monoisotopic (exact) mass is 377 g/mol. The van der Waals surface area contributed by atoms with E-state index in [1.54, 1.807) is 6.92 Å². The number of halogens is 4. The summed E-state index contributed by atoms with van der Waals surface area (Å²) in [5.74, 6) is -0.728. The fourth-order valence-electron chi connectivity index (χ4n) is 2.53. The standard InChI is InChI=1S/C16H19ClF3N3O2/c1-9(10-6-21-7-10)15(25)23(2)8-14(24)22-11-3-4-13(17)12(5-11)16(18,19)20/h3-5,9-10,21H,6-8H2,1-2H3,(H,22,24). The summed E-state index contributed by atoms with van der Waals surface area (Å²) < 4.78 is 38.5. The molecule has 0 spiro atoms. The lowest BCUT2D eigenvalue weighted by molar-refractivity contribution is -0.138. The lowest BCUT2D eigenvalue weighted by atomic mass is 9.88. The van der Waals surface area contributed by atoms with Crippen LogP contribution >= 0.6 is 11.6 Å². The van der Waals surface area contributed by atoms with Gasteiger partial charge >= 0.3 is 6.18 Å². The molecule has 0 bridgehead atoms. The normalized spacial score (nSPS) is 16.1. The molecule has 1 aliphatic rings. The van der Waals surface area contributed by atoms with Crippen LogP contribution in [0.25, 0.3) is 0 Å². The van der Waals surface area contributed by atoms with Crippen LogP contribution in [0, 0.1) is 11.8 Å². The van der Waals surface area contributed by atoms with Crippen molar-refractivity contribution in [1.29, 1.82) is 0 Å². The van der Waals surface area contributed by atoms with Gasteiger partial charge in [0.05, 0.1) is 17.1 Å². The van der Waals surface area contributed by atoms with Crippen LogP contribution in [0.1, 0.15) is 12.5 Å². The van der Waals surface area contributed by atoms with E-state index in [4.69, 9.17) is 11.6 Å². The second-order valence-corrected chi connectivity index (χ2v) is 6.55. The molecule has 1 unspecified atom stereocenters. The lowest BCUT2D eigenvalue weighted by Crippen LogP contribution is -2.50. The molecule has 1 atom stereocenters.